The summed E-state index contributed by atoms with van der Waals surface area (Å²) in [6.45, 7) is 3.94. The Kier molecular flexibility index (Phi) is 5.73. The van der Waals surface area contributed by atoms with Gasteiger partial charge in [0.15, 0.2) is 0 Å². The summed E-state index contributed by atoms with van der Waals surface area (Å²) in [7, 11) is 1.98. The van der Waals surface area contributed by atoms with Crippen LogP contribution in [0.1, 0.15) is 25.0 Å². The lowest BCUT2D eigenvalue weighted by atomic mass is 10.0. The number of carbonyl (C=O) groups is 1. The highest BCUT2D eigenvalue weighted by Crippen LogP contribution is 2.17. The van der Waals surface area contributed by atoms with Gasteiger partial charge in [-0.05, 0) is 26.0 Å². The fourth-order valence-corrected chi connectivity index (χ4v) is 2.48. The van der Waals surface area contributed by atoms with Crippen molar-refractivity contribution in [1.29, 1.82) is 0 Å². The normalized spacial score (nSPS) is 22.5. The van der Waals surface area contributed by atoms with E-state index in [0.29, 0.717) is 19.6 Å². The predicted octanol–water partition coefficient (Wildman–Crippen LogP) is 0.945. The first-order valence-electron chi connectivity index (χ1n) is 7.40. The third kappa shape index (κ3) is 4.81. The van der Waals surface area contributed by atoms with Crippen LogP contribution in [0.3, 0.4) is 0 Å². The molecule has 2 N–H and O–H groups in total. The van der Waals surface area contributed by atoms with Crippen molar-refractivity contribution in [2.75, 3.05) is 26.7 Å². The molecule has 1 amide bonds. The van der Waals surface area contributed by atoms with Gasteiger partial charge in [-0.3, -0.25) is 4.79 Å². The second-order valence-corrected chi connectivity index (χ2v) is 5.69. The number of morpholine rings is 1. The molecular formula is C16H24N2O3. The van der Waals surface area contributed by atoms with Gasteiger partial charge in [-0.25, -0.2) is 0 Å². The summed E-state index contributed by atoms with van der Waals surface area (Å²) in [5.74, 6) is -0.102. The zero-order valence-electron chi connectivity index (χ0n) is 12.7. The molecule has 0 aromatic heterocycles. The molecule has 0 saturated carbocycles. The maximum atomic E-state index is 12.1. The van der Waals surface area contributed by atoms with Crippen molar-refractivity contribution < 1.29 is 14.6 Å². The van der Waals surface area contributed by atoms with Gasteiger partial charge in [-0.2, -0.15) is 0 Å². The van der Waals surface area contributed by atoms with Gasteiger partial charge in [0.05, 0.1) is 12.7 Å². The number of hydrogen-bond donors (Lipinski definition) is 2. The Morgan fingerprint density at radius 2 is 2.19 bits per heavy atom. The fraction of sp³-hybridized carbons (Fsp3) is 0.562. The molecule has 1 aliphatic rings. The van der Waals surface area contributed by atoms with Crippen LogP contribution in [0.5, 0.6) is 0 Å². The quantitative estimate of drug-likeness (QED) is 0.848. The number of carbonyl (C=O) groups excluding carboxylic acids is 1. The minimum absolute atomic E-state index is 0.102. The summed E-state index contributed by atoms with van der Waals surface area (Å²) in [6, 6.07) is 9.37. The fourth-order valence-electron chi connectivity index (χ4n) is 2.48. The summed E-state index contributed by atoms with van der Waals surface area (Å²) in [4.78, 5) is 14.2. The number of rotatable bonds is 5. The topological polar surface area (TPSA) is 61.8 Å². The highest BCUT2D eigenvalue weighted by Gasteiger charge is 2.26. The number of likely N-dealkylation sites (N-methyl/N-ethyl adjacent to an activating group) is 1. The van der Waals surface area contributed by atoms with Crippen molar-refractivity contribution in [1.82, 2.24) is 10.2 Å². The van der Waals surface area contributed by atoms with E-state index < -0.39 is 12.2 Å². The van der Waals surface area contributed by atoms with Crippen LogP contribution in [0.15, 0.2) is 30.3 Å². The summed E-state index contributed by atoms with van der Waals surface area (Å²) < 4.78 is 5.48. The standard InChI is InChI=1S/C16H24N2O3/c1-12(10-14(19)13-6-4-3-5-7-13)17-16(20)15-11-18(2)8-9-21-15/h3-7,12,14-15,19H,8-11H2,1-2H3,(H,17,20)/t12-,14+,15+/m1/s1. The van der Waals surface area contributed by atoms with Crippen LogP contribution < -0.4 is 5.32 Å². The Morgan fingerprint density at radius 3 is 2.86 bits per heavy atom. The van der Waals surface area contributed by atoms with E-state index in [9.17, 15) is 9.90 Å². The van der Waals surface area contributed by atoms with Crippen molar-refractivity contribution in [3.05, 3.63) is 35.9 Å². The number of nitrogens with zero attached hydrogens (tertiary/aromatic N) is 1. The maximum Gasteiger partial charge on any atom is 0.250 e. The lowest BCUT2D eigenvalue weighted by molar-refractivity contribution is -0.138. The molecular weight excluding hydrogens is 268 g/mol. The first-order valence-corrected chi connectivity index (χ1v) is 7.40. The van der Waals surface area contributed by atoms with Gasteiger partial charge in [0, 0.05) is 19.1 Å². The number of nitrogens with one attached hydrogen (secondary N) is 1. The van der Waals surface area contributed by atoms with Crippen LogP contribution in [0.4, 0.5) is 0 Å². The number of hydrogen-bond acceptors (Lipinski definition) is 4. The Labute approximate surface area is 125 Å². The highest BCUT2D eigenvalue weighted by atomic mass is 16.5. The van der Waals surface area contributed by atoms with E-state index in [2.05, 4.69) is 10.2 Å². The molecule has 21 heavy (non-hydrogen) atoms. The first-order chi connectivity index (χ1) is 10.1. The Morgan fingerprint density at radius 1 is 1.48 bits per heavy atom. The van der Waals surface area contributed by atoms with Crippen LogP contribution in [0.25, 0.3) is 0 Å². The lowest BCUT2D eigenvalue weighted by Gasteiger charge is -2.30. The van der Waals surface area contributed by atoms with E-state index in [1.165, 1.54) is 0 Å². The van der Waals surface area contributed by atoms with Crippen molar-refractivity contribution in [3.63, 3.8) is 0 Å². The van der Waals surface area contributed by atoms with E-state index in [0.717, 1.165) is 12.1 Å². The average molecular weight is 292 g/mol. The summed E-state index contributed by atoms with van der Waals surface area (Å²) in [5, 5.41) is 13.1. The molecule has 5 heteroatoms. The van der Waals surface area contributed by atoms with Gasteiger partial charge in [-0.1, -0.05) is 30.3 Å². The molecule has 116 valence electrons. The predicted molar refractivity (Wildman–Crippen MR) is 80.9 cm³/mol. The molecule has 1 aromatic rings. The van der Waals surface area contributed by atoms with Crippen molar-refractivity contribution >= 4 is 5.91 Å². The number of benzene rings is 1. The van der Waals surface area contributed by atoms with Gasteiger partial charge in [0.1, 0.15) is 6.10 Å². The van der Waals surface area contributed by atoms with E-state index in [1.807, 2.05) is 44.3 Å². The molecule has 1 fully saturated rings. The molecule has 0 bridgehead atoms. The SMILES string of the molecule is C[C@H](C[C@H](O)c1ccccc1)NC(=O)[C@@H]1CN(C)CCO1. The maximum absolute atomic E-state index is 12.1. The molecule has 2 rings (SSSR count). The van der Waals surface area contributed by atoms with Crippen molar-refractivity contribution in [2.24, 2.45) is 0 Å². The minimum atomic E-state index is -0.573. The third-order valence-corrected chi connectivity index (χ3v) is 3.71. The molecule has 0 unspecified atom stereocenters. The smallest absolute Gasteiger partial charge is 0.250 e. The third-order valence-electron chi connectivity index (χ3n) is 3.71. The van der Waals surface area contributed by atoms with Crippen LogP contribution in [0, 0.1) is 0 Å². The van der Waals surface area contributed by atoms with Gasteiger partial charge in [0.25, 0.3) is 5.91 Å². The highest BCUT2D eigenvalue weighted by molar-refractivity contribution is 5.81. The number of amides is 1. The molecule has 1 aromatic carbocycles. The van der Waals surface area contributed by atoms with Gasteiger partial charge < -0.3 is 20.1 Å². The van der Waals surface area contributed by atoms with Crippen molar-refractivity contribution in [3.8, 4) is 0 Å². The lowest BCUT2D eigenvalue weighted by Crippen LogP contribution is -2.50. The Balaban J connectivity index is 1.81. The molecule has 1 heterocycles. The number of ether oxygens (including phenoxy) is 1. The van der Waals surface area contributed by atoms with Crippen LogP contribution in [-0.2, 0) is 9.53 Å². The zero-order valence-corrected chi connectivity index (χ0v) is 12.7. The Hall–Kier alpha value is -1.43. The summed E-state index contributed by atoms with van der Waals surface area (Å²) >= 11 is 0. The van der Waals surface area contributed by atoms with Gasteiger partial charge >= 0.3 is 0 Å². The zero-order chi connectivity index (χ0) is 15.2. The molecule has 0 radical (unpaired) electrons. The van der Waals surface area contributed by atoms with Crippen molar-refractivity contribution in [2.45, 2.75) is 31.6 Å². The molecule has 1 saturated heterocycles. The molecule has 5 nitrogen and oxygen atoms in total. The number of aliphatic hydroxyl groups excluding tert-OH is 1. The summed E-state index contributed by atoms with van der Waals surface area (Å²) in [5.41, 5.74) is 0.868. The number of aliphatic hydroxyl groups is 1. The van der Waals surface area contributed by atoms with E-state index in [1.54, 1.807) is 0 Å². The largest absolute Gasteiger partial charge is 0.388 e. The monoisotopic (exact) mass is 292 g/mol. The van der Waals surface area contributed by atoms with Gasteiger partial charge in [0.2, 0.25) is 0 Å². The summed E-state index contributed by atoms with van der Waals surface area (Å²) in [6.07, 6.45) is -0.505. The molecule has 0 spiro atoms. The molecule has 1 aliphatic heterocycles. The van der Waals surface area contributed by atoms with Gasteiger partial charge in [-0.15, -0.1) is 0 Å². The van der Waals surface area contributed by atoms with E-state index in [-0.39, 0.29) is 11.9 Å². The van der Waals surface area contributed by atoms with E-state index >= 15 is 0 Å². The van der Waals surface area contributed by atoms with Crippen LogP contribution in [0.2, 0.25) is 0 Å². The van der Waals surface area contributed by atoms with E-state index in [4.69, 9.17) is 4.74 Å². The second kappa shape index (κ2) is 7.54. The Bertz CT molecular complexity index is 452. The van der Waals surface area contributed by atoms with Crippen LogP contribution >= 0.6 is 0 Å². The average Bonchev–Trinajstić information content (AvgIpc) is 2.48. The second-order valence-electron chi connectivity index (χ2n) is 5.69. The molecule has 0 aliphatic carbocycles. The first kappa shape index (κ1) is 15.9. The van der Waals surface area contributed by atoms with Crippen LogP contribution in [-0.4, -0.2) is 54.8 Å². The minimum Gasteiger partial charge on any atom is -0.388 e. The molecule has 3 atom stereocenters.